The van der Waals surface area contributed by atoms with Crippen LogP contribution in [0.2, 0.25) is 0 Å². The summed E-state index contributed by atoms with van der Waals surface area (Å²) in [6.07, 6.45) is 2.72. The molecule has 0 radical (unpaired) electrons. The Balaban J connectivity index is 0.00000364. The molecule has 0 atom stereocenters. The predicted molar refractivity (Wildman–Crippen MR) is 120 cm³/mol. The lowest BCUT2D eigenvalue weighted by Crippen LogP contribution is -2.37. The quantitative estimate of drug-likeness (QED) is 0.341. The molecule has 1 heterocycles. The van der Waals surface area contributed by atoms with Crippen LogP contribution in [0.4, 0.5) is 0 Å². The molecule has 0 saturated heterocycles. The number of nitrogens with one attached hydrogen (secondary N) is 2. The molecule has 0 aliphatic carbocycles. The Kier molecular flexibility index (Phi) is 10.1. The summed E-state index contributed by atoms with van der Waals surface area (Å²) in [5.74, 6) is 3.12. The zero-order valence-electron chi connectivity index (χ0n) is 16.8. The van der Waals surface area contributed by atoms with E-state index in [9.17, 15) is 0 Å². The Morgan fingerprint density at radius 1 is 1.26 bits per heavy atom. The van der Waals surface area contributed by atoms with Gasteiger partial charge in [0.2, 0.25) is 0 Å². The van der Waals surface area contributed by atoms with Crippen molar-refractivity contribution in [3.8, 4) is 5.75 Å². The van der Waals surface area contributed by atoms with Crippen molar-refractivity contribution in [2.45, 2.75) is 40.3 Å². The minimum atomic E-state index is 0. The SMILES string of the molecule is CN=C(NCc1ccc(C)cc1OCCC(C)C)NCc1nncn1C.I. The second-order valence-electron chi connectivity index (χ2n) is 6.78. The van der Waals surface area contributed by atoms with Crippen molar-refractivity contribution in [3.05, 3.63) is 41.5 Å². The first-order chi connectivity index (χ1) is 12.5. The van der Waals surface area contributed by atoms with Crippen molar-refractivity contribution >= 4 is 29.9 Å². The van der Waals surface area contributed by atoms with Crippen molar-refractivity contribution in [2.75, 3.05) is 13.7 Å². The van der Waals surface area contributed by atoms with E-state index in [0.29, 0.717) is 25.0 Å². The number of hydrogen-bond donors (Lipinski definition) is 2. The van der Waals surface area contributed by atoms with Crippen LogP contribution in [0.5, 0.6) is 5.75 Å². The van der Waals surface area contributed by atoms with Gasteiger partial charge in [0.05, 0.1) is 13.2 Å². The van der Waals surface area contributed by atoms with E-state index in [2.05, 4.69) is 64.8 Å². The van der Waals surface area contributed by atoms with Gasteiger partial charge in [0.1, 0.15) is 12.1 Å². The van der Waals surface area contributed by atoms with Gasteiger partial charge in [-0.15, -0.1) is 34.2 Å². The Bertz CT molecular complexity index is 729. The molecule has 1 aromatic carbocycles. The van der Waals surface area contributed by atoms with E-state index in [1.54, 1.807) is 13.4 Å². The highest BCUT2D eigenvalue weighted by atomic mass is 127. The van der Waals surface area contributed by atoms with Crippen LogP contribution in [0.25, 0.3) is 0 Å². The number of benzene rings is 1. The Morgan fingerprint density at radius 2 is 2.00 bits per heavy atom. The van der Waals surface area contributed by atoms with Gasteiger partial charge in [0.15, 0.2) is 11.8 Å². The van der Waals surface area contributed by atoms with Crippen molar-refractivity contribution in [3.63, 3.8) is 0 Å². The first-order valence-corrected chi connectivity index (χ1v) is 8.99. The van der Waals surface area contributed by atoms with Gasteiger partial charge in [-0.1, -0.05) is 26.0 Å². The van der Waals surface area contributed by atoms with Crippen LogP contribution >= 0.6 is 24.0 Å². The average Bonchev–Trinajstić information content (AvgIpc) is 3.01. The lowest BCUT2D eigenvalue weighted by Gasteiger charge is -2.16. The van der Waals surface area contributed by atoms with E-state index in [1.165, 1.54) is 5.56 Å². The van der Waals surface area contributed by atoms with E-state index >= 15 is 0 Å². The Labute approximate surface area is 179 Å². The second-order valence-corrected chi connectivity index (χ2v) is 6.78. The molecule has 0 bridgehead atoms. The summed E-state index contributed by atoms with van der Waals surface area (Å²) in [6, 6.07) is 6.29. The summed E-state index contributed by atoms with van der Waals surface area (Å²) >= 11 is 0. The summed E-state index contributed by atoms with van der Waals surface area (Å²) in [4.78, 5) is 4.26. The molecule has 1 aromatic heterocycles. The highest BCUT2D eigenvalue weighted by Crippen LogP contribution is 2.21. The topological polar surface area (TPSA) is 76.4 Å². The number of rotatable bonds is 8. The van der Waals surface area contributed by atoms with E-state index in [1.807, 2.05) is 11.6 Å². The molecule has 0 unspecified atom stereocenters. The molecule has 7 nitrogen and oxygen atoms in total. The van der Waals surface area contributed by atoms with Crippen LogP contribution in [0.1, 0.15) is 37.2 Å². The molecule has 8 heteroatoms. The lowest BCUT2D eigenvalue weighted by molar-refractivity contribution is 0.286. The van der Waals surface area contributed by atoms with Gasteiger partial charge in [0.25, 0.3) is 0 Å². The largest absolute Gasteiger partial charge is 0.493 e. The van der Waals surface area contributed by atoms with Gasteiger partial charge in [-0.05, 0) is 30.9 Å². The van der Waals surface area contributed by atoms with Crippen LogP contribution in [0, 0.1) is 12.8 Å². The smallest absolute Gasteiger partial charge is 0.191 e. The molecule has 0 amide bonds. The molecule has 0 saturated carbocycles. The zero-order valence-corrected chi connectivity index (χ0v) is 19.2. The standard InChI is InChI=1S/C19H30N6O.HI/c1-14(2)8-9-26-17-10-15(3)6-7-16(17)11-21-19(20-4)22-12-18-24-23-13-25(18)5;/h6-7,10,13-14H,8-9,11-12H2,1-5H3,(H2,20,21,22);1H. The van der Waals surface area contributed by atoms with E-state index in [0.717, 1.165) is 30.2 Å². The number of nitrogens with zero attached hydrogens (tertiary/aromatic N) is 4. The van der Waals surface area contributed by atoms with E-state index < -0.39 is 0 Å². The van der Waals surface area contributed by atoms with Crippen molar-refractivity contribution < 1.29 is 4.74 Å². The molecule has 2 aromatic rings. The predicted octanol–water partition coefficient (Wildman–Crippen LogP) is 3.03. The number of aliphatic imine (C=N–C) groups is 1. The van der Waals surface area contributed by atoms with Crippen molar-refractivity contribution in [1.29, 1.82) is 0 Å². The normalized spacial score (nSPS) is 11.3. The van der Waals surface area contributed by atoms with Crippen LogP contribution in [-0.2, 0) is 20.1 Å². The molecule has 27 heavy (non-hydrogen) atoms. The summed E-state index contributed by atoms with van der Waals surface area (Å²) in [6.45, 7) is 8.41. The average molecular weight is 486 g/mol. The monoisotopic (exact) mass is 486 g/mol. The zero-order chi connectivity index (χ0) is 18.9. The molecule has 2 N–H and O–H groups in total. The third-order valence-corrected chi connectivity index (χ3v) is 4.06. The van der Waals surface area contributed by atoms with Crippen molar-refractivity contribution in [2.24, 2.45) is 18.0 Å². The van der Waals surface area contributed by atoms with Gasteiger partial charge in [0, 0.05) is 26.2 Å². The summed E-state index contributed by atoms with van der Waals surface area (Å²) in [5.41, 5.74) is 2.30. The molecule has 0 aliphatic heterocycles. The highest BCUT2D eigenvalue weighted by Gasteiger charge is 2.07. The number of guanidine groups is 1. The van der Waals surface area contributed by atoms with Gasteiger partial charge >= 0.3 is 0 Å². The summed E-state index contributed by atoms with van der Waals surface area (Å²) in [5, 5.41) is 14.5. The maximum atomic E-state index is 6.01. The molecular formula is C19H31IN6O. The van der Waals surface area contributed by atoms with E-state index in [-0.39, 0.29) is 24.0 Å². The molecular weight excluding hydrogens is 455 g/mol. The highest BCUT2D eigenvalue weighted by molar-refractivity contribution is 14.0. The minimum Gasteiger partial charge on any atom is -0.493 e. The lowest BCUT2D eigenvalue weighted by atomic mass is 10.1. The minimum absolute atomic E-state index is 0. The molecule has 150 valence electrons. The molecule has 0 aliphatic rings. The number of halogens is 1. The Hall–Kier alpha value is -1.84. The van der Waals surface area contributed by atoms with Crippen molar-refractivity contribution in [1.82, 2.24) is 25.4 Å². The van der Waals surface area contributed by atoms with Crippen LogP contribution in [0.15, 0.2) is 29.5 Å². The number of hydrogen-bond acceptors (Lipinski definition) is 4. The van der Waals surface area contributed by atoms with Gasteiger partial charge in [-0.25, -0.2) is 0 Å². The first kappa shape index (κ1) is 23.2. The third kappa shape index (κ3) is 7.74. The number of aromatic nitrogens is 3. The van der Waals surface area contributed by atoms with Crippen LogP contribution in [-0.4, -0.2) is 34.4 Å². The fourth-order valence-electron chi connectivity index (χ4n) is 2.38. The van der Waals surface area contributed by atoms with Gasteiger partial charge in [-0.2, -0.15) is 0 Å². The number of aryl methyl sites for hydroxylation is 2. The van der Waals surface area contributed by atoms with Gasteiger partial charge in [-0.3, -0.25) is 4.99 Å². The second kappa shape index (κ2) is 11.8. The number of ether oxygens (including phenoxy) is 1. The van der Waals surface area contributed by atoms with Crippen LogP contribution < -0.4 is 15.4 Å². The van der Waals surface area contributed by atoms with Crippen LogP contribution in [0.3, 0.4) is 0 Å². The maximum absolute atomic E-state index is 6.01. The summed E-state index contributed by atoms with van der Waals surface area (Å²) in [7, 11) is 3.67. The summed E-state index contributed by atoms with van der Waals surface area (Å²) < 4.78 is 7.88. The Morgan fingerprint density at radius 3 is 2.63 bits per heavy atom. The molecule has 0 spiro atoms. The maximum Gasteiger partial charge on any atom is 0.191 e. The fraction of sp³-hybridized carbons (Fsp3) is 0.526. The van der Waals surface area contributed by atoms with E-state index in [4.69, 9.17) is 4.74 Å². The third-order valence-electron chi connectivity index (χ3n) is 4.06. The molecule has 2 rings (SSSR count). The fourth-order valence-corrected chi connectivity index (χ4v) is 2.38. The first-order valence-electron chi connectivity index (χ1n) is 8.99. The van der Waals surface area contributed by atoms with Gasteiger partial charge < -0.3 is 19.9 Å². The molecule has 0 fully saturated rings.